The van der Waals surface area contributed by atoms with Gasteiger partial charge in [0.05, 0.1) is 16.4 Å². The highest BCUT2D eigenvalue weighted by Crippen LogP contribution is 2.36. The van der Waals surface area contributed by atoms with Gasteiger partial charge in [0.2, 0.25) is 0 Å². The third kappa shape index (κ3) is 6.18. The average Bonchev–Trinajstić information content (AvgIpc) is 3.43. The standard InChI is InChI=1S/C33H27NO6S/c1-22(26-14-9-15-27(20-26)32(35)25-12-7-4-8-13-25)33(36)39-21-29-30(23-16-18-28(19-17-23)41(2,37)38)31(34-40-29)24-10-5-3-6-11-24/h3-20,22H,21H2,1-2H3. The quantitative estimate of drug-likeness (QED) is 0.149. The number of aromatic nitrogens is 1. The molecular formula is C33H27NO6S. The maximum absolute atomic E-state index is 13.1. The van der Waals surface area contributed by atoms with Crippen LogP contribution in [0.4, 0.5) is 0 Å². The van der Waals surface area contributed by atoms with Gasteiger partial charge in [-0.15, -0.1) is 0 Å². The Morgan fingerprint density at radius 1 is 0.805 bits per heavy atom. The van der Waals surface area contributed by atoms with E-state index in [4.69, 9.17) is 9.26 Å². The Morgan fingerprint density at radius 2 is 1.44 bits per heavy atom. The molecule has 0 N–H and O–H groups in total. The van der Waals surface area contributed by atoms with Crippen molar-refractivity contribution >= 4 is 21.6 Å². The van der Waals surface area contributed by atoms with E-state index in [-0.39, 0.29) is 17.3 Å². The van der Waals surface area contributed by atoms with Crippen LogP contribution in [0, 0.1) is 0 Å². The van der Waals surface area contributed by atoms with E-state index in [1.807, 2.05) is 36.4 Å². The first-order chi connectivity index (χ1) is 19.7. The summed E-state index contributed by atoms with van der Waals surface area (Å²) in [5.74, 6) is -0.947. The van der Waals surface area contributed by atoms with Crippen molar-refractivity contribution in [1.29, 1.82) is 0 Å². The average molecular weight is 566 g/mol. The molecular weight excluding hydrogens is 538 g/mol. The van der Waals surface area contributed by atoms with Gasteiger partial charge in [-0.1, -0.05) is 96.2 Å². The van der Waals surface area contributed by atoms with Crippen LogP contribution in [-0.2, 0) is 26.0 Å². The molecule has 1 aromatic heterocycles. The van der Waals surface area contributed by atoms with Gasteiger partial charge in [-0.05, 0) is 36.2 Å². The number of rotatable bonds is 9. The predicted octanol–water partition coefficient (Wildman–Crippen LogP) is 6.49. The Bertz CT molecular complexity index is 1790. The van der Waals surface area contributed by atoms with Gasteiger partial charge in [0.15, 0.2) is 28.0 Å². The molecule has 41 heavy (non-hydrogen) atoms. The molecule has 5 rings (SSSR count). The van der Waals surface area contributed by atoms with Crippen molar-refractivity contribution in [2.75, 3.05) is 6.26 Å². The summed E-state index contributed by atoms with van der Waals surface area (Å²) < 4.78 is 35.2. The molecule has 0 saturated carbocycles. The van der Waals surface area contributed by atoms with Gasteiger partial charge in [-0.3, -0.25) is 9.59 Å². The molecule has 0 amide bonds. The lowest BCUT2D eigenvalue weighted by molar-refractivity contribution is -0.147. The maximum Gasteiger partial charge on any atom is 0.313 e. The molecule has 0 radical (unpaired) electrons. The van der Waals surface area contributed by atoms with Crippen LogP contribution in [0.5, 0.6) is 0 Å². The molecule has 0 spiro atoms. The van der Waals surface area contributed by atoms with Crippen LogP contribution in [0.1, 0.15) is 40.1 Å². The summed E-state index contributed by atoms with van der Waals surface area (Å²) >= 11 is 0. The van der Waals surface area contributed by atoms with Crippen molar-refractivity contribution < 1.29 is 27.3 Å². The minimum absolute atomic E-state index is 0.130. The Balaban J connectivity index is 1.39. The number of sulfone groups is 1. The Morgan fingerprint density at radius 3 is 2.10 bits per heavy atom. The minimum Gasteiger partial charge on any atom is -0.457 e. The minimum atomic E-state index is -3.37. The van der Waals surface area contributed by atoms with Crippen LogP contribution in [0.2, 0.25) is 0 Å². The zero-order chi connectivity index (χ0) is 29.0. The monoisotopic (exact) mass is 565 g/mol. The highest BCUT2D eigenvalue weighted by Gasteiger charge is 2.24. The smallest absolute Gasteiger partial charge is 0.313 e. The van der Waals surface area contributed by atoms with E-state index in [9.17, 15) is 18.0 Å². The number of ketones is 1. The number of nitrogens with zero attached hydrogens (tertiary/aromatic N) is 1. The third-order valence-corrected chi connectivity index (χ3v) is 7.89. The van der Waals surface area contributed by atoms with Crippen molar-refractivity contribution in [3.05, 3.63) is 132 Å². The van der Waals surface area contributed by atoms with E-state index >= 15 is 0 Å². The van der Waals surface area contributed by atoms with Crippen molar-refractivity contribution in [3.8, 4) is 22.4 Å². The fourth-order valence-electron chi connectivity index (χ4n) is 4.49. The molecule has 7 nitrogen and oxygen atoms in total. The highest BCUT2D eigenvalue weighted by molar-refractivity contribution is 7.90. The van der Waals surface area contributed by atoms with Crippen LogP contribution in [0.25, 0.3) is 22.4 Å². The van der Waals surface area contributed by atoms with Gasteiger partial charge in [0.1, 0.15) is 5.69 Å². The molecule has 0 aliphatic heterocycles. The fraction of sp³-hybridized carbons (Fsp3) is 0.121. The topological polar surface area (TPSA) is 104 Å². The molecule has 8 heteroatoms. The Hall–Kier alpha value is -4.82. The van der Waals surface area contributed by atoms with E-state index in [1.54, 1.807) is 67.6 Å². The zero-order valence-corrected chi connectivity index (χ0v) is 23.3. The molecule has 5 aromatic rings. The number of benzene rings is 4. The highest BCUT2D eigenvalue weighted by atomic mass is 32.2. The SMILES string of the molecule is CC(C(=O)OCc1onc(-c2ccccc2)c1-c1ccc(S(C)(=O)=O)cc1)c1cccc(C(=O)c2ccccc2)c1. The van der Waals surface area contributed by atoms with Gasteiger partial charge in [0, 0.05) is 22.9 Å². The summed E-state index contributed by atoms with van der Waals surface area (Å²) in [6.07, 6.45) is 1.15. The van der Waals surface area contributed by atoms with Crippen LogP contribution in [-0.4, -0.2) is 31.6 Å². The van der Waals surface area contributed by atoms with Gasteiger partial charge in [-0.25, -0.2) is 8.42 Å². The van der Waals surface area contributed by atoms with Crippen LogP contribution in [0.15, 0.2) is 119 Å². The van der Waals surface area contributed by atoms with Crippen LogP contribution in [0.3, 0.4) is 0 Å². The van der Waals surface area contributed by atoms with Gasteiger partial charge < -0.3 is 9.26 Å². The Labute approximate surface area is 238 Å². The van der Waals surface area contributed by atoms with Gasteiger partial charge in [-0.2, -0.15) is 0 Å². The summed E-state index contributed by atoms with van der Waals surface area (Å²) in [4.78, 5) is 26.2. The number of carbonyl (C=O) groups excluding carboxylic acids is 2. The van der Waals surface area contributed by atoms with Gasteiger partial charge >= 0.3 is 5.97 Å². The van der Waals surface area contributed by atoms with E-state index in [1.165, 1.54) is 12.1 Å². The summed E-state index contributed by atoms with van der Waals surface area (Å²) in [5, 5.41) is 4.25. The molecule has 1 heterocycles. The number of esters is 1. The molecule has 4 aromatic carbocycles. The third-order valence-electron chi connectivity index (χ3n) is 6.77. The molecule has 1 atom stereocenters. The normalized spacial score (nSPS) is 12.0. The largest absolute Gasteiger partial charge is 0.457 e. The first kappa shape index (κ1) is 27.7. The van der Waals surface area contributed by atoms with E-state index < -0.39 is 21.7 Å². The molecule has 0 saturated heterocycles. The summed E-state index contributed by atoms with van der Waals surface area (Å²) in [6.45, 7) is 1.53. The molecule has 0 bridgehead atoms. The summed E-state index contributed by atoms with van der Waals surface area (Å²) in [6, 6.07) is 31.7. The molecule has 0 aliphatic carbocycles. The van der Waals surface area contributed by atoms with E-state index in [0.717, 1.165) is 11.8 Å². The Kier molecular flexibility index (Phi) is 7.94. The van der Waals surface area contributed by atoms with Gasteiger partial charge in [0.25, 0.3) is 0 Å². The van der Waals surface area contributed by atoms with Crippen LogP contribution < -0.4 is 0 Å². The van der Waals surface area contributed by atoms with Crippen LogP contribution >= 0.6 is 0 Å². The summed E-state index contributed by atoms with van der Waals surface area (Å²) in [7, 11) is -3.37. The second-order valence-electron chi connectivity index (χ2n) is 9.64. The first-order valence-corrected chi connectivity index (χ1v) is 14.8. The lowest BCUT2D eigenvalue weighted by atomic mass is 9.96. The van der Waals surface area contributed by atoms with E-state index in [0.29, 0.717) is 39.3 Å². The number of hydrogen-bond donors (Lipinski definition) is 0. The molecule has 0 aliphatic rings. The lowest BCUT2D eigenvalue weighted by Crippen LogP contribution is -2.14. The maximum atomic E-state index is 13.1. The molecule has 206 valence electrons. The molecule has 0 fully saturated rings. The zero-order valence-electron chi connectivity index (χ0n) is 22.5. The molecule has 1 unspecified atom stereocenters. The van der Waals surface area contributed by atoms with Crippen molar-refractivity contribution in [3.63, 3.8) is 0 Å². The van der Waals surface area contributed by atoms with E-state index in [2.05, 4.69) is 5.16 Å². The first-order valence-electron chi connectivity index (χ1n) is 12.9. The number of ether oxygens (including phenoxy) is 1. The van der Waals surface area contributed by atoms with Crippen molar-refractivity contribution in [2.24, 2.45) is 0 Å². The second-order valence-corrected chi connectivity index (χ2v) is 11.7. The number of carbonyl (C=O) groups is 2. The summed E-state index contributed by atoms with van der Waals surface area (Å²) in [5.41, 5.74) is 4.31. The van der Waals surface area contributed by atoms with Crippen molar-refractivity contribution in [2.45, 2.75) is 24.3 Å². The fourth-order valence-corrected chi connectivity index (χ4v) is 5.12. The second kappa shape index (κ2) is 11.7. The van der Waals surface area contributed by atoms with Crippen molar-refractivity contribution in [1.82, 2.24) is 5.16 Å². The lowest BCUT2D eigenvalue weighted by Gasteiger charge is -2.13. The predicted molar refractivity (Wildman–Crippen MR) is 155 cm³/mol. The number of hydrogen-bond acceptors (Lipinski definition) is 7.